The van der Waals surface area contributed by atoms with Crippen molar-refractivity contribution in [2.75, 3.05) is 14.2 Å². The first kappa shape index (κ1) is 20.7. The number of fused-ring (bicyclic) bond motifs is 3. The van der Waals surface area contributed by atoms with E-state index in [1.807, 2.05) is 36.4 Å². The second-order valence-electron chi connectivity index (χ2n) is 7.21. The van der Waals surface area contributed by atoms with Gasteiger partial charge in [-0.1, -0.05) is 36.4 Å². The maximum Gasteiger partial charge on any atom is 0.387 e. The van der Waals surface area contributed by atoms with Crippen LogP contribution in [0.5, 0.6) is 11.5 Å². The Labute approximate surface area is 177 Å². The van der Waals surface area contributed by atoms with Gasteiger partial charge in [0.25, 0.3) is 0 Å². The topological polar surface area (TPSA) is 51.9 Å². The van der Waals surface area contributed by atoms with Crippen LogP contribution in [0.3, 0.4) is 0 Å². The first-order valence-corrected chi connectivity index (χ1v) is 9.70. The fourth-order valence-electron chi connectivity index (χ4n) is 3.67. The number of furan rings is 1. The zero-order valence-corrected chi connectivity index (χ0v) is 17.1. The van der Waals surface area contributed by atoms with Crippen molar-refractivity contribution in [1.29, 1.82) is 0 Å². The highest BCUT2D eigenvalue weighted by Gasteiger charge is 2.17. The Hall–Kier alpha value is -3.61. The summed E-state index contributed by atoms with van der Waals surface area (Å²) < 4.78 is 40.2. The van der Waals surface area contributed by atoms with E-state index in [0.29, 0.717) is 6.54 Å². The van der Waals surface area contributed by atoms with Gasteiger partial charge in [0.15, 0.2) is 11.5 Å². The van der Waals surface area contributed by atoms with Crippen molar-refractivity contribution < 1.29 is 27.5 Å². The summed E-state index contributed by atoms with van der Waals surface area (Å²) >= 11 is 0. The van der Waals surface area contributed by atoms with Crippen LogP contribution in [0.4, 0.5) is 8.78 Å². The van der Waals surface area contributed by atoms with Crippen LogP contribution in [0, 0.1) is 0 Å². The zero-order chi connectivity index (χ0) is 22.0. The molecule has 4 aromatic rings. The van der Waals surface area contributed by atoms with Gasteiger partial charge in [-0.25, -0.2) is 0 Å². The summed E-state index contributed by atoms with van der Waals surface area (Å²) in [6.07, 6.45) is 1.81. The van der Waals surface area contributed by atoms with E-state index in [1.54, 1.807) is 30.3 Å². The summed E-state index contributed by atoms with van der Waals surface area (Å²) in [7, 11) is 3.07. The monoisotopic (exact) mass is 425 g/mol. The molecule has 0 atom stereocenters. The third-order valence-corrected chi connectivity index (χ3v) is 5.17. The highest BCUT2D eigenvalue weighted by atomic mass is 19.3. The SMILES string of the molecule is COc1cc(CN(C)C(=O)Cc2coc3ccc4ccccc4c23)ccc1OC(F)F. The average Bonchev–Trinajstić information content (AvgIpc) is 3.17. The molecule has 3 aromatic carbocycles. The normalized spacial score (nSPS) is 11.3. The molecule has 0 spiro atoms. The Kier molecular flexibility index (Phi) is 5.75. The Balaban J connectivity index is 1.52. The molecule has 0 N–H and O–H groups in total. The largest absolute Gasteiger partial charge is 0.493 e. The minimum Gasteiger partial charge on any atom is -0.493 e. The smallest absolute Gasteiger partial charge is 0.387 e. The average molecular weight is 425 g/mol. The fraction of sp³-hybridized carbons (Fsp3) is 0.208. The third kappa shape index (κ3) is 4.30. The third-order valence-electron chi connectivity index (χ3n) is 5.17. The van der Waals surface area contributed by atoms with Gasteiger partial charge in [0.05, 0.1) is 19.8 Å². The number of nitrogens with zero attached hydrogens (tertiary/aromatic N) is 1. The number of alkyl halides is 2. The first-order valence-electron chi connectivity index (χ1n) is 9.70. The van der Waals surface area contributed by atoms with Gasteiger partial charge in [0, 0.05) is 24.5 Å². The number of methoxy groups -OCH3 is 1. The van der Waals surface area contributed by atoms with Crippen LogP contribution in [0.25, 0.3) is 21.7 Å². The molecule has 0 fully saturated rings. The molecule has 160 valence electrons. The van der Waals surface area contributed by atoms with E-state index in [1.165, 1.54) is 13.2 Å². The molecule has 0 aliphatic carbocycles. The minimum absolute atomic E-state index is 0.0491. The quantitative estimate of drug-likeness (QED) is 0.398. The van der Waals surface area contributed by atoms with Gasteiger partial charge in [-0.05, 0) is 34.5 Å². The summed E-state index contributed by atoms with van der Waals surface area (Å²) in [4.78, 5) is 14.5. The molecular weight excluding hydrogens is 404 g/mol. The number of carbonyl (C=O) groups excluding carboxylic acids is 1. The van der Waals surface area contributed by atoms with Gasteiger partial charge in [-0.2, -0.15) is 8.78 Å². The second kappa shape index (κ2) is 8.63. The molecule has 7 heteroatoms. The summed E-state index contributed by atoms with van der Waals surface area (Å²) in [5.74, 6) is 0.0421. The van der Waals surface area contributed by atoms with Crippen LogP contribution >= 0.6 is 0 Å². The van der Waals surface area contributed by atoms with Crippen molar-refractivity contribution in [1.82, 2.24) is 4.90 Å². The van der Waals surface area contributed by atoms with E-state index >= 15 is 0 Å². The van der Waals surface area contributed by atoms with Gasteiger partial charge in [0.1, 0.15) is 5.58 Å². The van der Waals surface area contributed by atoms with Crippen molar-refractivity contribution in [3.63, 3.8) is 0 Å². The van der Waals surface area contributed by atoms with E-state index in [9.17, 15) is 13.6 Å². The predicted octanol–water partition coefficient (Wildman–Crippen LogP) is 5.40. The molecule has 0 saturated heterocycles. The van der Waals surface area contributed by atoms with Gasteiger partial charge >= 0.3 is 6.61 Å². The van der Waals surface area contributed by atoms with Crippen molar-refractivity contribution in [3.05, 3.63) is 72.0 Å². The van der Waals surface area contributed by atoms with Crippen LogP contribution < -0.4 is 9.47 Å². The van der Waals surface area contributed by atoms with Gasteiger partial charge in [0.2, 0.25) is 5.91 Å². The lowest BCUT2D eigenvalue weighted by Crippen LogP contribution is -2.27. The first-order chi connectivity index (χ1) is 15.0. The molecule has 0 unspecified atom stereocenters. The molecule has 1 aromatic heterocycles. The number of ether oxygens (including phenoxy) is 2. The summed E-state index contributed by atoms with van der Waals surface area (Å²) in [5, 5.41) is 3.06. The van der Waals surface area contributed by atoms with Crippen molar-refractivity contribution in [2.24, 2.45) is 0 Å². The number of hydrogen-bond donors (Lipinski definition) is 0. The Morgan fingerprint density at radius 2 is 1.90 bits per heavy atom. The number of hydrogen-bond acceptors (Lipinski definition) is 4. The lowest BCUT2D eigenvalue weighted by atomic mass is 10.0. The number of benzene rings is 3. The van der Waals surface area contributed by atoms with Gasteiger partial charge in [-0.15, -0.1) is 0 Å². The number of amides is 1. The molecule has 31 heavy (non-hydrogen) atoms. The summed E-state index contributed by atoms with van der Waals surface area (Å²) in [6, 6.07) is 16.5. The zero-order valence-electron chi connectivity index (χ0n) is 17.1. The fourth-order valence-corrected chi connectivity index (χ4v) is 3.67. The predicted molar refractivity (Wildman–Crippen MR) is 114 cm³/mol. The van der Waals surface area contributed by atoms with E-state index in [0.717, 1.165) is 32.9 Å². The molecule has 5 nitrogen and oxygen atoms in total. The number of halogens is 2. The molecule has 0 aliphatic heterocycles. The van der Waals surface area contributed by atoms with Crippen LogP contribution in [-0.2, 0) is 17.8 Å². The Morgan fingerprint density at radius 1 is 1.10 bits per heavy atom. The molecule has 0 radical (unpaired) electrons. The molecule has 1 amide bonds. The molecular formula is C24H21F2NO4. The molecule has 0 bridgehead atoms. The van der Waals surface area contributed by atoms with Crippen LogP contribution in [0.15, 0.2) is 65.3 Å². The highest BCUT2D eigenvalue weighted by Crippen LogP contribution is 2.31. The van der Waals surface area contributed by atoms with Crippen molar-refractivity contribution in [2.45, 2.75) is 19.6 Å². The Bertz CT molecular complexity index is 1230. The summed E-state index contributed by atoms with van der Waals surface area (Å²) in [6.45, 7) is -2.65. The van der Waals surface area contributed by atoms with Crippen LogP contribution in [0.1, 0.15) is 11.1 Å². The molecule has 1 heterocycles. The maximum absolute atomic E-state index is 12.9. The van der Waals surface area contributed by atoms with Crippen molar-refractivity contribution >= 4 is 27.6 Å². The molecule has 0 saturated carbocycles. The van der Waals surface area contributed by atoms with Crippen LogP contribution in [-0.4, -0.2) is 31.6 Å². The van der Waals surface area contributed by atoms with Crippen molar-refractivity contribution in [3.8, 4) is 11.5 Å². The number of rotatable bonds is 7. The van der Waals surface area contributed by atoms with Crippen LogP contribution in [0.2, 0.25) is 0 Å². The number of likely N-dealkylation sites (N-methyl/N-ethyl adjacent to an activating group) is 1. The van der Waals surface area contributed by atoms with Gasteiger partial charge < -0.3 is 18.8 Å². The van der Waals surface area contributed by atoms with E-state index in [2.05, 4.69) is 4.74 Å². The van der Waals surface area contributed by atoms with Gasteiger partial charge in [-0.3, -0.25) is 4.79 Å². The van der Waals surface area contributed by atoms with E-state index < -0.39 is 6.61 Å². The standard InChI is InChI=1S/C24H21F2NO4/c1-27(13-15-7-9-19(31-24(25)26)21(11-15)29-2)22(28)12-17-14-30-20-10-8-16-5-3-4-6-18(16)23(17)20/h3-11,14,24H,12-13H2,1-2H3. The second-order valence-corrected chi connectivity index (χ2v) is 7.21. The minimum atomic E-state index is -2.94. The lowest BCUT2D eigenvalue weighted by Gasteiger charge is -2.18. The highest BCUT2D eigenvalue weighted by molar-refractivity contribution is 6.08. The molecule has 0 aliphatic rings. The Morgan fingerprint density at radius 3 is 2.68 bits per heavy atom. The molecule has 4 rings (SSSR count). The summed E-state index contributed by atoms with van der Waals surface area (Å²) in [5.41, 5.74) is 2.29. The van der Waals surface area contributed by atoms with E-state index in [-0.39, 0.29) is 23.8 Å². The number of carbonyl (C=O) groups is 1. The van der Waals surface area contributed by atoms with E-state index in [4.69, 9.17) is 9.15 Å². The maximum atomic E-state index is 12.9. The lowest BCUT2D eigenvalue weighted by molar-refractivity contribution is -0.129.